The first-order valence-corrected chi connectivity index (χ1v) is 10.8. The molecule has 3 aromatic heterocycles. The summed E-state index contributed by atoms with van der Waals surface area (Å²) >= 11 is 6.18. The molecule has 0 saturated carbocycles. The first-order chi connectivity index (χ1) is 15.0. The van der Waals surface area contributed by atoms with Crippen LogP contribution in [-0.4, -0.2) is 48.5 Å². The maximum atomic E-state index is 9.79. The first kappa shape index (κ1) is 20.2. The number of aliphatic hydroxyl groups excluding tert-OH is 1. The molecule has 5 rings (SSSR count). The molecule has 1 aliphatic rings. The number of nitrogens with zero attached hydrogens (tertiary/aromatic N) is 5. The number of rotatable bonds is 4. The molecule has 1 saturated heterocycles. The van der Waals surface area contributed by atoms with Crippen LogP contribution in [0.15, 0.2) is 55.2 Å². The minimum Gasteiger partial charge on any atom is -0.365 e. The Hall–Kier alpha value is -2.71. The van der Waals surface area contributed by atoms with E-state index < -0.39 is 6.35 Å². The van der Waals surface area contributed by atoms with Crippen molar-refractivity contribution >= 4 is 22.5 Å². The first-order valence-electron chi connectivity index (χ1n) is 10.4. The number of aromatic nitrogens is 4. The number of hydrogen-bond donors (Lipinski definition) is 2. The molecule has 31 heavy (non-hydrogen) atoms. The fraction of sp³-hybridized carbons (Fsp3) is 0.304. The average molecular weight is 437 g/mol. The third-order valence-electron chi connectivity index (χ3n) is 6.27. The number of halogens is 1. The zero-order valence-corrected chi connectivity index (χ0v) is 18.1. The molecule has 0 bridgehead atoms. The van der Waals surface area contributed by atoms with Crippen molar-refractivity contribution in [3.63, 3.8) is 0 Å². The predicted octanol–water partition coefficient (Wildman–Crippen LogP) is 3.49. The molecule has 1 aromatic carbocycles. The average Bonchev–Trinajstić information content (AvgIpc) is 3.35. The van der Waals surface area contributed by atoms with E-state index in [1.165, 1.54) is 10.9 Å². The topological polar surface area (TPSA) is 85.1 Å². The Labute approximate surface area is 185 Å². The Morgan fingerprint density at radius 1 is 1.10 bits per heavy atom. The van der Waals surface area contributed by atoms with Gasteiger partial charge in [-0.25, -0.2) is 4.98 Å². The second kappa shape index (κ2) is 8.09. The summed E-state index contributed by atoms with van der Waals surface area (Å²) in [6.45, 7) is 1.51. The van der Waals surface area contributed by atoms with Gasteiger partial charge in [-0.05, 0) is 54.7 Å². The third-order valence-corrected chi connectivity index (χ3v) is 6.52. The van der Waals surface area contributed by atoms with Crippen LogP contribution in [0.25, 0.3) is 28.0 Å². The van der Waals surface area contributed by atoms with Crippen molar-refractivity contribution in [1.82, 2.24) is 24.0 Å². The second-order valence-electron chi connectivity index (χ2n) is 8.08. The fourth-order valence-corrected chi connectivity index (χ4v) is 4.85. The van der Waals surface area contributed by atoms with Crippen LogP contribution in [0.1, 0.15) is 24.3 Å². The summed E-state index contributed by atoms with van der Waals surface area (Å²) in [5.74, 6) is 0.332. The molecule has 1 unspecified atom stereocenters. The van der Waals surface area contributed by atoms with Gasteiger partial charge in [0.05, 0.1) is 35.6 Å². The van der Waals surface area contributed by atoms with Crippen LogP contribution in [0.3, 0.4) is 0 Å². The Morgan fingerprint density at radius 3 is 2.48 bits per heavy atom. The minimum atomic E-state index is -0.905. The minimum absolute atomic E-state index is 0.332. The number of piperidine rings is 1. The summed E-state index contributed by atoms with van der Waals surface area (Å²) in [6.07, 6.45) is 8.44. The number of fused-ring (bicyclic) bond motifs is 1. The molecule has 1 fully saturated rings. The van der Waals surface area contributed by atoms with Gasteiger partial charge in [0.1, 0.15) is 0 Å². The Kier molecular flexibility index (Phi) is 5.27. The van der Waals surface area contributed by atoms with E-state index in [1.807, 2.05) is 61.1 Å². The summed E-state index contributed by atoms with van der Waals surface area (Å²) < 4.78 is 4.31. The largest absolute Gasteiger partial charge is 0.365 e. The van der Waals surface area contributed by atoms with E-state index in [0.717, 1.165) is 48.5 Å². The Morgan fingerprint density at radius 2 is 1.84 bits per heavy atom. The van der Waals surface area contributed by atoms with Gasteiger partial charge in [0.25, 0.3) is 0 Å². The maximum absolute atomic E-state index is 9.79. The van der Waals surface area contributed by atoms with Gasteiger partial charge in [-0.3, -0.25) is 15.6 Å². The highest BCUT2D eigenvalue weighted by atomic mass is 35.5. The monoisotopic (exact) mass is 436 g/mol. The lowest BCUT2D eigenvalue weighted by molar-refractivity contribution is -0.00590. The molecule has 8 heteroatoms. The lowest BCUT2D eigenvalue weighted by Gasteiger charge is -2.34. The van der Waals surface area contributed by atoms with E-state index in [4.69, 9.17) is 17.3 Å². The summed E-state index contributed by atoms with van der Waals surface area (Å²) in [7, 11) is 2.02. The van der Waals surface area contributed by atoms with Crippen LogP contribution in [-0.2, 0) is 7.05 Å². The smallest absolute Gasteiger partial charge is 0.160 e. The van der Waals surface area contributed by atoms with Crippen LogP contribution in [0.5, 0.6) is 0 Å². The molecule has 4 heterocycles. The molecule has 7 nitrogen and oxygen atoms in total. The predicted molar refractivity (Wildman–Crippen MR) is 122 cm³/mol. The summed E-state index contributed by atoms with van der Waals surface area (Å²) in [5.41, 5.74) is 11.2. The van der Waals surface area contributed by atoms with E-state index in [9.17, 15) is 5.11 Å². The van der Waals surface area contributed by atoms with Crippen molar-refractivity contribution in [2.24, 2.45) is 12.8 Å². The maximum Gasteiger partial charge on any atom is 0.160 e. The number of aliphatic hydroxyl groups is 1. The van der Waals surface area contributed by atoms with Crippen LogP contribution >= 0.6 is 11.6 Å². The molecule has 0 aliphatic carbocycles. The Bertz CT molecular complexity index is 1200. The molecular weight excluding hydrogens is 412 g/mol. The molecule has 160 valence electrons. The third kappa shape index (κ3) is 3.53. The summed E-state index contributed by atoms with van der Waals surface area (Å²) in [5, 5.41) is 11.7. The van der Waals surface area contributed by atoms with Gasteiger partial charge in [0.2, 0.25) is 0 Å². The van der Waals surface area contributed by atoms with Crippen molar-refractivity contribution in [2.75, 3.05) is 13.1 Å². The second-order valence-corrected chi connectivity index (χ2v) is 8.52. The summed E-state index contributed by atoms with van der Waals surface area (Å²) in [6, 6.07) is 9.98. The van der Waals surface area contributed by atoms with Crippen molar-refractivity contribution in [1.29, 1.82) is 0 Å². The number of aryl methyl sites for hydroxylation is 1. The molecule has 3 N–H and O–H groups in total. The highest BCUT2D eigenvalue weighted by Gasteiger charge is 2.30. The number of nitrogens with two attached hydrogens (primary N) is 1. The summed E-state index contributed by atoms with van der Waals surface area (Å²) in [4.78, 5) is 10.7. The van der Waals surface area contributed by atoms with E-state index >= 15 is 0 Å². The van der Waals surface area contributed by atoms with Gasteiger partial charge in [0.15, 0.2) is 6.35 Å². The number of hydrogen-bond acceptors (Lipinski definition) is 5. The van der Waals surface area contributed by atoms with Gasteiger partial charge in [-0.1, -0.05) is 11.6 Å². The molecule has 0 radical (unpaired) electrons. The van der Waals surface area contributed by atoms with Gasteiger partial charge in [0, 0.05) is 42.4 Å². The molecule has 1 aliphatic heterocycles. The standard InChI is InChI=1S/C23H25ClN6O/c1-28-14-27-13-20(28)22-21(15-7-10-29(11-8-15)23(25)31)18-6-9-26-12-19(18)30(22)17-4-2-16(24)3-5-17/h2-6,9,12-15,23,31H,7-8,10-11,25H2,1H3. The SMILES string of the molecule is Cn1cncc1-c1c(C2CCN(C(N)O)CC2)c2ccncc2n1-c1ccc(Cl)cc1. The molecular formula is C23H25ClN6O. The van der Waals surface area contributed by atoms with Crippen molar-refractivity contribution in [3.8, 4) is 17.1 Å². The van der Waals surface area contributed by atoms with Gasteiger partial charge < -0.3 is 14.2 Å². The van der Waals surface area contributed by atoms with Crippen LogP contribution in [0.4, 0.5) is 0 Å². The lowest BCUT2D eigenvalue weighted by atomic mass is 9.87. The van der Waals surface area contributed by atoms with Gasteiger partial charge in [-0.15, -0.1) is 0 Å². The van der Waals surface area contributed by atoms with Crippen LogP contribution < -0.4 is 5.73 Å². The number of imidazole rings is 1. The fourth-order valence-electron chi connectivity index (χ4n) is 4.72. The van der Waals surface area contributed by atoms with E-state index in [2.05, 4.69) is 25.2 Å². The van der Waals surface area contributed by atoms with E-state index in [-0.39, 0.29) is 0 Å². The molecule has 0 amide bonds. The normalized spacial score (nSPS) is 16.8. The van der Waals surface area contributed by atoms with Crippen molar-refractivity contribution in [3.05, 3.63) is 65.8 Å². The lowest BCUT2D eigenvalue weighted by Crippen LogP contribution is -2.45. The van der Waals surface area contributed by atoms with E-state index in [1.54, 1.807) is 0 Å². The quantitative estimate of drug-likeness (QED) is 0.478. The van der Waals surface area contributed by atoms with Gasteiger partial charge >= 0.3 is 0 Å². The zero-order chi connectivity index (χ0) is 21.5. The number of benzene rings is 1. The zero-order valence-electron chi connectivity index (χ0n) is 17.3. The molecule has 4 aromatic rings. The highest BCUT2D eigenvalue weighted by molar-refractivity contribution is 6.30. The van der Waals surface area contributed by atoms with Crippen molar-refractivity contribution in [2.45, 2.75) is 25.1 Å². The number of pyridine rings is 1. The number of likely N-dealkylation sites (tertiary alicyclic amines) is 1. The highest BCUT2D eigenvalue weighted by Crippen LogP contribution is 2.43. The van der Waals surface area contributed by atoms with E-state index in [0.29, 0.717) is 10.9 Å². The van der Waals surface area contributed by atoms with Crippen LogP contribution in [0.2, 0.25) is 5.02 Å². The Balaban J connectivity index is 1.75. The molecule has 1 atom stereocenters. The van der Waals surface area contributed by atoms with Crippen LogP contribution in [0, 0.1) is 0 Å². The van der Waals surface area contributed by atoms with Crippen molar-refractivity contribution < 1.29 is 5.11 Å². The van der Waals surface area contributed by atoms with Gasteiger partial charge in [-0.2, -0.15) is 0 Å². The molecule has 0 spiro atoms.